The Labute approximate surface area is 177 Å². The van der Waals surface area contributed by atoms with Gasteiger partial charge >= 0.3 is 11.9 Å². The molecule has 6 nitrogen and oxygen atoms in total. The van der Waals surface area contributed by atoms with E-state index in [0.717, 1.165) is 32.1 Å². The fraction of sp³-hybridized carbons (Fsp3) is 0.750. The smallest absolute Gasteiger partial charge is 0.302 e. The van der Waals surface area contributed by atoms with E-state index in [4.69, 9.17) is 9.47 Å². The van der Waals surface area contributed by atoms with E-state index >= 15 is 0 Å². The van der Waals surface area contributed by atoms with Crippen molar-refractivity contribution in [3.63, 3.8) is 0 Å². The van der Waals surface area contributed by atoms with Gasteiger partial charge in [0.1, 0.15) is 5.78 Å². The first-order chi connectivity index (χ1) is 14.1. The largest absolute Gasteiger partial charge is 0.465 e. The molecule has 5 aliphatic rings. The quantitative estimate of drug-likeness (QED) is 0.396. The minimum atomic E-state index is -1.01. The highest BCUT2D eigenvalue weighted by Crippen LogP contribution is 2.70. The number of fused-ring (bicyclic) bond motifs is 3. The Morgan fingerprint density at radius 2 is 1.70 bits per heavy atom. The van der Waals surface area contributed by atoms with E-state index in [1.54, 1.807) is 0 Å². The summed E-state index contributed by atoms with van der Waals surface area (Å²) in [5.41, 5.74) is -1.26. The molecule has 5 saturated carbocycles. The van der Waals surface area contributed by atoms with Gasteiger partial charge in [-0.1, -0.05) is 19.9 Å². The minimum absolute atomic E-state index is 0.0104. The molecule has 5 rings (SSSR count). The Morgan fingerprint density at radius 1 is 1.03 bits per heavy atom. The lowest BCUT2D eigenvalue weighted by molar-refractivity contribution is -0.207. The van der Waals surface area contributed by atoms with Gasteiger partial charge in [-0.3, -0.25) is 19.2 Å². The van der Waals surface area contributed by atoms with Crippen LogP contribution in [0.25, 0.3) is 0 Å². The molecule has 0 saturated heterocycles. The van der Waals surface area contributed by atoms with Crippen LogP contribution in [0.15, 0.2) is 12.2 Å². The summed E-state index contributed by atoms with van der Waals surface area (Å²) >= 11 is 0. The number of carbonyl (C=O) groups excluding carboxylic acids is 4. The molecule has 2 bridgehead atoms. The second-order valence-electron chi connectivity index (χ2n) is 10.3. The van der Waals surface area contributed by atoms with Crippen molar-refractivity contribution in [3.05, 3.63) is 12.2 Å². The number of allylic oxidation sites excluding steroid dienone is 1. The van der Waals surface area contributed by atoms with Crippen LogP contribution in [0.2, 0.25) is 0 Å². The van der Waals surface area contributed by atoms with Crippen molar-refractivity contribution in [2.45, 2.75) is 65.7 Å². The molecule has 0 aliphatic heterocycles. The Hall–Kier alpha value is -1.98. The van der Waals surface area contributed by atoms with E-state index in [1.165, 1.54) is 13.8 Å². The second-order valence-corrected chi connectivity index (χ2v) is 10.3. The summed E-state index contributed by atoms with van der Waals surface area (Å²) in [6.45, 7) is 9.36. The fourth-order valence-electron chi connectivity index (χ4n) is 7.47. The summed E-state index contributed by atoms with van der Waals surface area (Å²) in [5, 5.41) is 0. The standard InChI is InChI=1S/C24H32O6/c1-14-17-6-9-24(21(14)28)19(10-17)23(13-30-16(3)26)8-5-7-22(4,12-29-15(2)25)18(23)11-20(24)27/h17-19H,1,5-13H2,2-4H3. The highest BCUT2D eigenvalue weighted by atomic mass is 16.5. The number of ether oxygens (including phenoxy) is 2. The molecule has 30 heavy (non-hydrogen) atoms. The Morgan fingerprint density at radius 3 is 2.37 bits per heavy atom. The third kappa shape index (κ3) is 2.82. The summed E-state index contributed by atoms with van der Waals surface area (Å²) in [6, 6.07) is 0. The Bertz CT molecular complexity index is 830. The molecule has 0 heterocycles. The maximum absolute atomic E-state index is 13.6. The van der Waals surface area contributed by atoms with Gasteiger partial charge in [-0.05, 0) is 55.4 Å². The zero-order chi connectivity index (χ0) is 21.9. The van der Waals surface area contributed by atoms with Gasteiger partial charge in [-0.15, -0.1) is 0 Å². The van der Waals surface area contributed by atoms with Gasteiger partial charge < -0.3 is 9.47 Å². The van der Waals surface area contributed by atoms with Gasteiger partial charge in [0.05, 0.1) is 18.6 Å². The van der Waals surface area contributed by atoms with E-state index < -0.39 is 16.2 Å². The SMILES string of the molecule is C=C1C(=O)C23CCC1CC2C1(COC(C)=O)CCCC(C)(COC(C)=O)C1CC3=O. The van der Waals surface area contributed by atoms with Crippen LogP contribution in [0.3, 0.4) is 0 Å². The molecule has 5 fully saturated rings. The van der Waals surface area contributed by atoms with E-state index in [0.29, 0.717) is 12.0 Å². The molecule has 0 aromatic carbocycles. The highest BCUT2D eigenvalue weighted by Gasteiger charge is 2.72. The molecule has 0 radical (unpaired) electrons. The van der Waals surface area contributed by atoms with Crippen LogP contribution in [0.1, 0.15) is 65.7 Å². The normalized spacial score (nSPS) is 42.4. The number of hydrogen-bond donors (Lipinski definition) is 0. The number of hydrogen-bond acceptors (Lipinski definition) is 6. The van der Waals surface area contributed by atoms with Crippen molar-refractivity contribution >= 4 is 23.5 Å². The van der Waals surface area contributed by atoms with Crippen molar-refractivity contribution in [1.82, 2.24) is 0 Å². The first kappa shape index (κ1) is 21.3. The average molecular weight is 417 g/mol. The minimum Gasteiger partial charge on any atom is -0.465 e. The van der Waals surface area contributed by atoms with Gasteiger partial charge in [-0.2, -0.15) is 0 Å². The Balaban J connectivity index is 1.81. The molecule has 0 aromatic rings. The van der Waals surface area contributed by atoms with Crippen molar-refractivity contribution in [1.29, 1.82) is 0 Å². The van der Waals surface area contributed by atoms with Gasteiger partial charge in [0.15, 0.2) is 5.78 Å². The van der Waals surface area contributed by atoms with Gasteiger partial charge in [0, 0.05) is 31.1 Å². The van der Waals surface area contributed by atoms with Gasteiger partial charge in [-0.25, -0.2) is 0 Å². The summed E-state index contributed by atoms with van der Waals surface area (Å²) in [5.74, 6) is -0.895. The number of Topliss-reactive ketones (excluding diaryl/α,β-unsaturated/α-hetero) is 2. The van der Waals surface area contributed by atoms with Crippen molar-refractivity contribution in [3.8, 4) is 0 Å². The van der Waals surface area contributed by atoms with Crippen LogP contribution >= 0.6 is 0 Å². The molecule has 6 atom stereocenters. The zero-order valence-corrected chi connectivity index (χ0v) is 18.3. The molecule has 1 spiro atoms. The highest BCUT2D eigenvalue weighted by molar-refractivity contribution is 6.16. The molecular formula is C24H32O6. The molecule has 0 aromatic heterocycles. The molecule has 5 aliphatic carbocycles. The van der Waals surface area contributed by atoms with Crippen LogP contribution in [0.4, 0.5) is 0 Å². The fourth-order valence-corrected chi connectivity index (χ4v) is 7.47. The van der Waals surface area contributed by atoms with E-state index in [9.17, 15) is 19.2 Å². The van der Waals surface area contributed by atoms with Crippen molar-refractivity contribution < 1.29 is 28.7 Å². The Kier molecular flexibility index (Phi) is 4.98. The van der Waals surface area contributed by atoms with Crippen LogP contribution < -0.4 is 0 Å². The van der Waals surface area contributed by atoms with Gasteiger partial charge in [0.25, 0.3) is 0 Å². The molecule has 6 heteroatoms. The number of rotatable bonds is 4. The van der Waals surface area contributed by atoms with Crippen LogP contribution in [0, 0.1) is 34.0 Å². The third-order valence-electron chi connectivity index (χ3n) is 8.85. The van der Waals surface area contributed by atoms with E-state index in [2.05, 4.69) is 13.5 Å². The van der Waals surface area contributed by atoms with Crippen LogP contribution in [-0.2, 0) is 28.7 Å². The first-order valence-electron chi connectivity index (χ1n) is 11.1. The molecule has 0 amide bonds. The number of esters is 2. The molecule has 6 unspecified atom stereocenters. The maximum Gasteiger partial charge on any atom is 0.302 e. The summed E-state index contributed by atoms with van der Waals surface area (Å²) in [6.07, 6.45) is 4.95. The lowest BCUT2D eigenvalue weighted by Crippen LogP contribution is -2.69. The van der Waals surface area contributed by atoms with Crippen molar-refractivity contribution in [2.24, 2.45) is 34.0 Å². The first-order valence-corrected chi connectivity index (χ1v) is 11.1. The van der Waals surface area contributed by atoms with Crippen molar-refractivity contribution in [2.75, 3.05) is 13.2 Å². The summed E-state index contributed by atoms with van der Waals surface area (Å²) in [7, 11) is 0. The topological polar surface area (TPSA) is 86.7 Å². The summed E-state index contributed by atoms with van der Waals surface area (Å²) in [4.78, 5) is 50.4. The molecule has 164 valence electrons. The lowest BCUT2D eigenvalue weighted by atomic mass is 9.36. The van der Waals surface area contributed by atoms with Gasteiger partial charge in [0.2, 0.25) is 0 Å². The molecule has 0 N–H and O–H groups in total. The molecular weight excluding hydrogens is 384 g/mol. The summed E-state index contributed by atoms with van der Waals surface area (Å²) < 4.78 is 11.1. The van der Waals surface area contributed by atoms with Crippen LogP contribution in [0.5, 0.6) is 0 Å². The predicted molar refractivity (Wildman–Crippen MR) is 108 cm³/mol. The number of carbonyl (C=O) groups is 4. The van der Waals surface area contributed by atoms with E-state index in [1.807, 2.05) is 0 Å². The second kappa shape index (κ2) is 7.03. The van der Waals surface area contributed by atoms with E-state index in [-0.39, 0.29) is 60.9 Å². The number of ketones is 2. The maximum atomic E-state index is 13.6. The lowest BCUT2D eigenvalue weighted by Gasteiger charge is -2.66. The average Bonchev–Trinajstić information content (AvgIpc) is 2.70. The monoisotopic (exact) mass is 416 g/mol. The third-order valence-corrected chi connectivity index (χ3v) is 8.85. The van der Waals surface area contributed by atoms with Crippen LogP contribution in [-0.4, -0.2) is 36.7 Å². The zero-order valence-electron chi connectivity index (χ0n) is 18.3. The predicted octanol–water partition coefficient (Wildman–Crippen LogP) is 3.42.